The molecule has 0 bridgehead atoms. The first-order chi connectivity index (χ1) is 13.6. The number of methoxy groups -OCH3 is 1. The van der Waals surface area contributed by atoms with E-state index in [-0.39, 0.29) is 0 Å². The zero-order valence-corrected chi connectivity index (χ0v) is 16.3. The fraction of sp³-hybridized carbons (Fsp3) is 0.125. The van der Waals surface area contributed by atoms with Gasteiger partial charge in [0.25, 0.3) is 0 Å². The van der Waals surface area contributed by atoms with Crippen molar-refractivity contribution in [3.63, 3.8) is 0 Å². The molecule has 0 aromatic heterocycles. The number of benzene rings is 3. The molecule has 4 nitrogen and oxygen atoms in total. The highest BCUT2D eigenvalue weighted by Crippen LogP contribution is 2.21. The molecule has 0 aliphatic heterocycles. The highest BCUT2D eigenvalue weighted by atomic mass is 16.5. The Bertz CT molecular complexity index is 943. The van der Waals surface area contributed by atoms with Crippen LogP contribution >= 0.6 is 0 Å². The number of hydrogen-bond acceptors (Lipinski definition) is 4. The Kier molecular flexibility index (Phi) is 6.47. The maximum absolute atomic E-state index is 6.03. The summed E-state index contributed by atoms with van der Waals surface area (Å²) in [6.45, 7) is 3.94. The van der Waals surface area contributed by atoms with E-state index in [1.54, 1.807) is 13.4 Å². The molecule has 28 heavy (non-hydrogen) atoms. The maximum Gasteiger partial charge on any atom is 0.225 e. The van der Waals surface area contributed by atoms with E-state index < -0.39 is 0 Å². The number of aryl methyl sites for hydroxylation is 1. The first-order valence-corrected chi connectivity index (χ1v) is 9.00. The second-order valence-electron chi connectivity index (χ2n) is 6.26. The van der Waals surface area contributed by atoms with Crippen molar-refractivity contribution in [1.82, 2.24) is 0 Å². The molecule has 142 valence electrons. The smallest absolute Gasteiger partial charge is 0.225 e. The average molecular weight is 373 g/mol. The zero-order valence-electron chi connectivity index (χ0n) is 16.3. The van der Waals surface area contributed by atoms with Gasteiger partial charge in [-0.1, -0.05) is 35.9 Å². The van der Waals surface area contributed by atoms with Crippen LogP contribution in [-0.2, 0) is 0 Å². The lowest BCUT2D eigenvalue weighted by atomic mass is 10.2. The molecule has 0 unspecified atom stereocenters. The van der Waals surface area contributed by atoms with Gasteiger partial charge in [0.1, 0.15) is 17.2 Å². The molecule has 3 aromatic rings. The summed E-state index contributed by atoms with van der Waals surface area (Å²) in [4.78, 5) is 4.64. The molecule has 0 aliphatic rings. The van der Waals surface area contributed by atoms with Crippen LogP contribution in [0.15, 0.2) is 95.7 Å². The van der Waals surface area contributed by atoms with Gasteiger partial charge < -0.3 is 14.2 Å². The second-order valence-corrected chi connectivity index (χ2v) is 6.26. The van der Waals surface area contributed by atoms with Gasteiger partial charge in [-0.15, -0.1) is 0 Å². The Hall–Kier alpha value is -3.53. The third kappa shape index (κ3) is 5.48. The van der Waals surface area contributed by atoms with Crippen molar-refractivity contribution in [2.24, 2.45) is 4.99 Å². The minimum atomic E-state index is 0.462. The van der Waals surface area contributed by atoms with Gasteiger partial charge in [-0.25, -0.2) is 4.99 Å². The van der Waals surface area contributed by atoms with Gasteiger partial charge >= 0.3 is 0 Å². The summed E-state index contributed by atoms with van der Waals surface area (Å²) in [5.74, 6) is 2.65. The summed E-state index contributed by atoms with van der Waals surface area (Å²) in [5, 5.41) is 0. The van der Waals surface area contributed by atoms with Crippen molar-refractivity contribution in [2.45, 2.75) is 13.8 Å². The Morgan fingerprint density at radius 2 is 1.39 bits per heavy atom. The molecular weight excluding hydrogens is 350 g/mol. The summed E-state index contributed by atoms with van der Waals surface area (Å²) >= 11 is 0. The van der Waals surface area contributed by atoms with Gasteiger partial charge in [0.15, 0.2) is 0 Å². The average Bonchev–Trinajstić information content (AvgIpc) is 2.74. The SMILES string of the molecule is COc1ccc(OC(=Nc2ccccc2)C(C)=COc2ccc(C)cc2)cc1. The van der Waals surface area contributed by atoms with Crippen LogP contribution < -0.4 is 14.2 Å². The van der Waals surface area contributed by atoms with Gasteiger partial charge in [0, 0.05) is 5.57 Å². The predicted molar refractivity (Wildman–Crippen MR) is 113 cm³/mol. The van der Waals surface area contributed by atoms with Gasteiger partial charge in [0.2, 0.25) is 5.90 Å². The third-order valence-corrected chi connectivity index (χ3v) is 3.99. The summed E-state index contributed by atoms with van der Waals surface area (Å²) in [5.41, 5.74) is 2.75. The van der Waals surface area contributed by atoms with Crippen molar-refractivity contribution in [2.75, 3.05) is 7.11 Å². The van der Waals surface area contributed by atoms with Crippen LogP contribution in [0.25, 0.3) is 0 Å². The van der Waals surface area contributed by atoms with E-state index in [0.29, 0.717) is 11.6 Å². The number of nitrogens with zero attached hydrogens (tertiary/aromatic N) is 1. The second kappa shape index (κ2) is 9.42. The number of rotatable bonds is 6. The topological polar surface area (TPSA) is 40.0 Å². The van der Waals surface area contributed by atoms with E-state index in [2.05, 4.69) is 4.99 Å². The molecule has 0 N–H and O–H groups in total. The van der Waals surface area contributed by atoms with Gasteiger partial charge in [-0.2, -0.15) is 0 Å². The normalized spacial score (nSPS) is 11.8. The molecule has 0 fully saturated rings. The molecule has 0 radical (unpaired) electrons. The van der Waals surface area contributed by atoms with Crippen molar-refractivity contribution in [3.05, 3.63) is 96.3 Å². The molecule has 0 heterocycles. The fourth-order valence-corrected chi connectivity index (χ4v) is 2.39. The van der Waals surface area contributed by atoms with Crippen LogP contribution in [0, 0.1) is 6.92 Å². The molecule has 0 spiro atoms. The molecule has 0 saturated heterocycles. The molecule has 3 aromatic carbocycles. The van der Waals surface area contributed by atoms with Crippen molar-refractivity contribution in [1.29, 1.82) is 0 Å². The van der Waals surface area contributed by atoms with Crippen LogP contribution in [0.3, 0.4) is 0 Å². The third-order valence-electron chi connectivity index (χ3n) is 3.99. The quantitative estimate of drug-likeness (QED) is 0.298. The number of ether oxygens (including phenoxy) is 3. The minimum absolute atomic E-state index is 0.462. The summed E-state index contributed by atoms with van der Waals surface area (Å²) < 4.78 is 17.0. The van der Waals surface area contributed by atoms with Crippen molar-refractivity contribution in [3.8, 4) is 17.2 Å². The van der Waals surface area contributed by atoms with Crippen LogP contribution in [0.4, 0.5) is 5.69 Å². The monoisotopic (exact) mass is 373 g/mol. The molecule has 0 atom stereocenters. The molecule has 0 amide bonds. The van der Waals surface area contributed by atoms with E-state index >= 15 is 0 Å². The van der Waals surface area contributed by atoms with Gasteiger partial charge in [-0.05, 0) is 62.4 Å². The molecule has 0 saturated carbocycles. The van der Waals surface area contributed by atoms with Gasteiger partial charge in [0.05, 0.1) is 19.1 Å². The number of aliphatic imine (C=N–C) groups is 1. The molecule has 4 heteroatoms. The van der Waals surface area contributed by atoms with Crippen molar-refractivity contribution >= 4 is 11.6 Å². The van der Waals surface area contributed by atoms with Crippen LogP contribution in [-0.4, -0.2) is 13.0 Å². The summed E-state index contributed by atoms with van der Waals surface area (Å²) in [6.07, 6.45) is 1.65. The Balaban J connectivity index is 1.84. The van der Waals surface area contributed by atoms with Crippen LogP contribution in [0.5, 0.6) is 17.2 Å². The Morgan fingerprint density at radius 1 is 0.786 bits per heavy atom. The lowest BCUT2D eigenvalue weighted by Crippen LogP contribution is -2.11. The largest absolute Gasteiger partial charge is 0.497 e. The van der Waals surface area contributed by atoms with E-state index in [0.717, 1.165) is 22.8 Å². The summed E-state index contributed by atoms with van der Waals surface area (Å²) in [7, 11) is 1.63. The van der Waals surface area contributed by atoms with Crippen LogP contribution in [0.1, 0.15) is 12.5 Å². The maximum atomic E-state index is 6.03. The highest BCUT2D eigenvalue weighted by Gasteiger charge is 2.08. The number of hydrogen-bond donors (Lipinski definition) is 0. The fourth-order valence-electron chi connectivity index (χ4n) is 2.39. The van der Waals surface area contributed by atoms with Gasteiger partial charge in [-0.3, -0.25) is 0 Å². The highest BCUT2D eigenvalue weighted by molar-refractivity contribution is 5.96. The molecule has 0 aliphatic carbocycles. The minimum Gasteiger partial charge on any atom is -0.497 e. The Labute approximate surface area is 165 Å². The summed E-state index contributed by atoms with van der Waals surface area (Å²) in [6, 6.07) is 24.9. The van der Waals surface area contributed by atoms with Crippen LogP contribution in [0.2, 0.25) is 0 Å². The predicted octanol–water partition coefficient (Wildman–Crippen LogP) is 6.10. The van der Waals surface area contributed by atoms with E-state index in [1.165, 1.54) is 5.56 Å². The lowest BCUT2D eigenvalue weighted by molar-refractivity contribution is 0.414. The van der Waals surface area contributed by atoms with E-state index in [9.17, 15) is 0 Å². The van der Waals surface area contributed by atoms with Crippen molar-refractivity contribution < 1.29 is 14.2 Å². The zero-order chi connectivity index (χ0) is 19.8. The first kappa shape index (κ1) is 19.2. The molecular formula is C24H23NO3. The van der Waals surface area contributed by atoms with E-state index in [4.69, 9.17) is 14.2 Å². The number of para-hydroxylation sites is 1. The molecule has 3 rings (SSSR count). The van der Waals surface area contributed by atoms with E-state index in [1.807, 2.05) is 92.7 Å². The Morgan fingerprint density at radius 3 is 2.04 bits per heavy atom. The lowest BCUT2D eigenvalue weighted by Gasteiger charge is -2.11. The standard InChI is InChI=1S/C24H23NO3/c1-18-9-11-22(12-10-18)27-17-19(2)24(25-20-7-5-4-6-8-20)28-23-15-13-21(26-3)14-16-23/h4-17H,1-3H3. The first-order valence-electron chi connectivity index (χ1n) is 9.00.